The molecular weight excluding hydrogens is 209 g/mol. The van der Waals surface area contributed by atoms with Gasteiger partial charge in [0, 0.05) is 6.04 Å². The Labute approximate surface area is 93.1 Å². The van der Waals surface area contributed by atoms with Crippen LogP contribution in [0.25, 0.3) is 0 Å². The number of rotatable bonds is 1. The fourth-order valence-corrected chi connectivity index (χ4v) is 2.50. The number of halogens is 1. The third kappa shape index (κ3) is 1.59. The molecule has 0 saturated heterocycles. The summed E-state index contributed by atoms with van der Waals surface area (Å²) in [5.74, 6) is -1.88. The summed E-state index contributed by atoms with van der Waals surface area (Å²) in [6, 6.07) is 1.16. The van der Waals surface area contributed by atoms with Crippen LogP contribution in [0, 0.1) is 12.7 Å². The minimum atomic E-state index is -1.23. The maximum atomic E-state index is 13.6. The normalized spacial score (nSPS) is 19.3. The monoisotopic (exact) mass is 223 g/mol. The summed E-state index contributed by atoms with van der Waals surface area (Å²) >= 11 is 0. The van der Waals surface area contributed by atoms with Crippen molar-refractivity contribution < 1.29 is 14.3 Å². The topological polar surface area (TPSA) is 63.3 Å². The highest BCUT2D eigenvalue weighted by molar-refractivity contribution is 5.90. The average Bonchev–Trinajstić information content (AvgIpc) is 2.15. The van der Waals surface area contributed by atoms with Crippen molar-refractivity contribution in [2.45, 2.75) is 32.2 Å². The van der Waals surface area contributed by atoms with Gasteiger partial charge in [0.1, 0.15) is 5.82 Å². The molecule has 2 rings (SSSR count). The van der Waals surface area contributed by atoms with Crippen LogP contribution in [0.15, 0.2) is 6.07 Å². The minimum absolute atomic E-state index is 0.164. The van der Waals surface area contributed by atoms with Gasteiger partial charge in [0.25, 0.3) is 0 Å². The molecule has 0 fully saturated rings. The zero-order chi connectivity index (χ0) is 11.9. The molecule has 1 aromatic carbocycles. The zero-order valence-electron chi connectivity index (χ0n) is 9.09. The standard InChI is InChI=1S/C12H14FNO2/c1-6-10-7(3-2-4-9(10)14)5-8(13)11(6)12(15)16/h5,9H,2-4,14H2,1H3,(H,15,16). The summed E-state index contributed by atoms with van der Waals surface area (Å²) in [5, 5.41) is 8.95. The predicted molar refractivity (Wildman–Crippen MR) is 58.0 cm³/mol. The fourth-order valence-electron chi connectivity index (χ4n) is 2.50. The molecule has 0 amide bonds. The highest BCUT2D eigenvalue weighted by Crippen LogP contribution is 2.33. The second-order valence-corrected chi connectivity index (χ2v) is 4.24. The van der Waals surface area contributed by atoms with Crippen molar-refractivity contribution in [2.75, 3.05) is 0 Å². The molecule has 1 aliphatic rings. The van der Waals surface area contributed by atoms with Gasteiger partial charge in [0.15, 0.2) is 0 Å². The summed E-state index contributed by atoms with van der Waals surface area (Å²) in [5.41, 5.74) is 7.88. The molecule has 0 spiro atoms. The Kier molecular flexibility index (Phi) is 2.68. The van der Waals surface area contributed by atoms with Crippen molar-refractivity contribution in [1.82, 2.24) is 0 Å². The first-order valence-corrected chi connectivity index (χ1v) is 5.33. The van der Waals surface area contributed by atoms with Gasteiger partial charge in [-0.1, -0.05) is 0 Å². The highest BCUT2D eigenvalue weighted by atomic mass is 19.1. The number of carboxylic acid groups (broad SMARTS) is 1. The van der Waals surface area contributed by atoms with Gasteiger partial charge in [-0.3, -0.25) is 0 Å². The number of nitrogens with two attached hydrogens (primary N) is 1. The van der Waals surface area contributed by atoms with Crippen LogP contribution in [-0.2, 0) is 6.42 Å². The number of benzene rings is 1. The van der Waals surface area contributed by atoms with Crippen LogP contribution >= 0.6 is 0 Å². The zero-order valence-corrected chi connectivity index (χ0v) is 9.09. The number of aromatic carboxylic acids is 1. The van der Waals surface area contributed by atoms with Gasteiger partial charge in [-0.15, -0.1) is 0 Å². The predicted octanol–water partition coefficient (Wildman–Crippen LogP) is 2.17. The third-order valence-electron chi connectivity index (χ3n) is 3.21. The van der Waals surface area contributed by atoms with Crippen LogP contribution in [0.5, 0.6) is 0 Å². The van der Waals surface area contributed by atoms with Crippen LogP contribution in [-0.4, -0.2) is 11.1 Å². The summed E-state index contributed by atoms with van der Waals surface area (Å²) in [7, 11) is 0. The molecule has 0 radical (unpaired) electrons. The van der Waals surface area contributed by atoms with E-state index in [1.165, 1.54) is 6.07 Å². The number of fused-ring (bicyclic) bond motifs is 1. The Morgan fingerprint density at radius 1 is 1.62 bits per heavy atom. The molecule has 3 nitrogen and oxygen atoms in total. The Morgan fingerprint density at radius 3 is 2.94 bits per heavy atom. The van der Waals surface area contributed by atoms with Crippen molar-refractivity contribution >= 4 is 5.97 Å². The maximum absolute atomic E-state index is 13.6. The first kappa shape index (κ1) is 11.1. The molecular formula is C12H14FNO2. The van der Waals surface area contributed by atoms with Crippen molar-refractivity contribution in [3.63, 3.8) is 0 Å². The molecule has 0 heterocycles. The number of hydrogen-bond acceptors (Lipinski definition) is 2. The molecule has 1 aliphatic carbocycles. The molecule has 1 unspecified atom stereocenters. The lowest BCUT2D eigenvalue weighted by Gasteiger charge is -2.25. The van der Waals surface area contributed by atoms with Crippen molar-refractivity contribution in [1.29, 1.82) is 0 Å². The van der Waals surface area contributed by atoms with E-state index >= 15 is 0 Å². The van der Waals surface area contributed by atoms with Gasteiger partial charge >= 0.3 is 5.97 Å². The van der Waals surface area contributed by atoms with E-state index < -0.39 is 11.8 Å². The van der Waals surface area contributed by atoms with E-state index in [4.69, 9.17) is 10.8 Å². The second-order valence-electron chi connectivity index (χ2n) is 4.24. The number of hydrogen-bond donors (Lipinski definition) is 2. The third-order valence-corrected chi connectivity index (χ3v) is 3.21. The van der Waals surface area contributed by atoms with Gasteiger partial charge in [0.2, 0.25) is 0 Å². The van der Waals surface area contributed by atoms with Crippen molar-refractivity contribution in [3.05, 3.63) is 34.1 Å². The van der Waals surface area contributed by atoms with Crippen molar-refractivity contribution in [2.24, 2.45) is 5.73 Å². The van der Waals surface area contributed by atoms with E-state index in [9.17, 15) is 9.18 Å². The SMILES string of the molecule is Cc1c(C(=O)O)c(F)cc2c1C(N)CCC2. The van der Waals surface area contributed by atoms with Gasteiger partial charge in [-0.05, 0) is 48.9 Å². The van der Waals surface area contributed by atoms with E-state index in [2.05, 4.69) is 0 Å². The first-order chi connectivity index (χ1) is 7.52. The van der Waals surface area contributed by atoms with Gasteiger partial charge in [-0.25, -0.2) is 9.18 Å². The number of carboxylic acids is 1. The van der Waals surface area contributed by atoms with Gasteiger partial charge in [-0.2, -0.15) is 0 Å². The highest BCUT2D eigenvalue weighted by Gasteiger charge is 2.25. The Morgan fingerprint density at radius 2 is 2.31 bits per heavy atom. The van der Waals surface area contributed by atoms with Crippen LogP contribution < -0.4 is 5.73 Å². The average molecular weight is 223 g/mol. The van der Waals surface area contributed by atoms with Crippen LogP contribution in [0.3, 0.4) is 0 Å². The Bertz CT molecular complexity index is 457. The van der Waals surface area contributed by atoms with E-state index in [0.29, 0.717) is 5.56 Å². The lowest BCUT2D eigenvalue weighted by molar-refractivity contribution is 0.0691. The lowest BCUT2D eigenvalue weighted by Crippen LogP contribution is -2.21. The Hall–Kier alpha value is -1.42. The van der Waals surface area contributed by atoms with Gasteiger partial charge in [0.05, 0.1) is 5.56 Å². The molecule has 86 valence electrons. The molecule has 0 aliphatic heterocycles. The van der Waals surface area contributed by atoms with Crippen molar-refractivity contribution in [3.8, 4) is 0 Å². The molecule has 3 N–H and O–H groups in total. The molecule has 0 bridgehead atoms. The maximum Gasteiger partial charge on any atom is 0.338 e. The minimum Gasteiger partial charge on any atom is -0.478 e. The van der Waals surface area contributed by atoms with Gasteiger partial charge < -0.3 is 10.8 Å². The van der Waals surface area contributed by atoms with E-state index in [1.807, 2.05) is 0 Å². The summed E-state index contributed by atoms with van der Waals surface area (Å²) in [6.07, 6.45) is 2.54. The molecule has 0 aromatic heterocycles. The number of carbonyl (C=O) groups is 1. The van der Waals surface area contributed by atoms with E-state index in [-0.39, 0.29) is 11.6 Å². The van der Waals surface area contributed by atoms with E-state index in [1.54, 1.807) is 6.92 Å². The van der Waals surface area contributed by atoms with E-state index in [0.717, 1.165) is 30.4 Å². The summed E-state index contributed by atoms with van der Waals surface area (Å²) in [4.78, 5) is 11.0. The molecule has 1 aromatic rings. The molecule has 4 heteroatoms. The van der Waals surface area contributed by atoms with Crippen LogP contribution in [0.1, 0.15) is 45.9 Å². The van der Waals surface area contributed by atoms with Crippen LogP contribution in [0.2, 0.25) is 0 Å². The fraction of sp³-hybridized carbons (Fsp3) is 0.417. The smallest absolute Gasteiger partial charge is 0.338 e. The number of aryl methyl sites for hydroxylation is 1. The molecule has 0 saturated carbocycles. The second kappa shape index (κ2) is 3.87. The summed E-state index contributed by atoms with van der Waals surface area (Å²) in [6.45, 7) is 1.64. The Balaban J connectivity index is 2.68. The lowest BCUT2D eigenvalue weighted by atomic mass is 9.83. The quantitative estimate of drug-likeness (QED) is 0.766. The van der Waals surface area contributed by atoms with Crippen LogP contribution in [0.4, 0.5) is 4.39 Å². The largest absolute Gasteiger partial charge is 0.478 e. The molecule has 16 heavy (non-hydrogen) atoms. The first-order valence-electron chi connectivity index (χ1n) is 5.33. The molecule has 1 atom stereocenters. The summed E-state index contributed by atoms with van der Waals surface area (Å²) < 4.78 is 13.6.